The molecule has 0 saturated carbocycles. The van der Waals surface area contributed by atoms with Crippen molar-refractivity contribution in [3.05, 3.63) is 28.2 Å². The van der Waals surface area contributed by atoms with E-state index in [1.165, 1.54) is 6.07 Å². The Bertz CT molecular complexity index is 378. The van der Waals surface area contributed by atoms with Gasteiger partial charge in [0.2, 0.25) is 0 Å². The van der Waals surface area contributed by atoms with Gasteiger partial charge in [0, 0.05) is 31.0 Å². The highest BCUT2D eigenvalue weighted by atomic mass is 79.9. The van der Waals surface area contributed by atoms with Crippen molar-refractivity contribution in [3.63, 3.8) is 0 Å². The van der Waals surface area contributed by atoms with Crippen LogP contribution < -0.4 is 4.74 Å². The Hall–Kier alpha value is -0.680. The molecule has 0 aromatic heterocycles. The van der Waals surface area contributed by atoms with Crippen molar-refractivity contribution in [2.24, 2.45) is 0 Å². The minimum atomic E-state index is -2.91. The lowest BCUT2D eigenvalue weighted by molar-refractivity contribution is 0.0142. The van der Waals surface area contributed by atoms with Crippen LogP contribution in [0.15, 0.2) is 22.7 Å². The number of ether oxygens (including phenoxy) is 2. The zero-order valence-electron chi connectivity index (χ0n) is 10.5. The van der Waals surface area contributed by atoms with Crippen molar-refractivity contribution in [2.75, 3.05) is 19.8 Å². The molecule has 102 valence electrons. The third kappa shape index (κ3) is 4.90. The zero-order valence-corrected chi connectivity index (χ0v) is 12.1. The molecule has 1 rings (SSSR count). The normalized spacial score (nSPS) is 11.6. The molecule has 1 aromatic carbocycles. The number of halogens is 3. The first-order valence-electron chi connectivity index (χ1n) is 5.83. The first-order valence-corrected chi connectivity index (χ1v) is 6.63. The molecule has 18 heavy (non-hydrogen) atoms. The summed E-state index contributed by atoms with van der Waals surface area (Å²) < 4.78 is 38.0. The summed E-state index contributed by atoms with van der Waals surface area (Å²) in [4.78, 5) is 0. The van der Waals surface area contributed by atoms with E-state index in [0.29, 0.717) is 26.2 Å². The average Bonchev–Trinajstić information content (AvgIpc) is 2.27. The highest BCUT2D eigenvalue weighted by Crippen LogP contribution is 2.36. The minimum absolute atomic E-state index is 0.0953. The standard InChI is InChI=1S/C13H17BrF2O2/c1-3-17-7-4-8-18-12-9-10(14)5-6-11(12)13(2,15)16/h5-6,9H,3-4,7-8H2,1-2H3. The summed E-state index contributed by atoms with van der Waals surface area (Å²) >= 11 is 3.25. The fourth-order valence-electron chi connectivity index (χ4n) is 1.47. The largest absolute Gasteiger partial charge is 0.493 e. The van der Waals surface area contributed by atoms with Gasteiger partial charge in [-0.15, -0.1) is 0 Å². The first-order chi connectivity index (χ1) is 8.45. The quantitative estimate of drug-likeness (QED) is 0.694. The van der Waals surface area contributed by atoms with E-state index in [2.05, 4.69) is 15.9 Å². The van der Waals surface area contributed by atoms with Crippen molar-refractivity contribution in [3.8, 4) is 5.75 Å². The van der Waals surface area contributed by atoms with E-state index in [4.69, 9.17) is 9.47 Å². The van der Waals surface area contributed by atoms with E-state index in [9.17, 15) is 8.78 Å². The molecule has 0 unspecified atom stereocenters. The summed E-state index contributed by atoms with van der Waals surface area (Å²) in [5, 5.41) is 0. The Kier molecular flexibility index (Phi) is 6.02. The molecule has 0 aliphatic heterocycles. The molecule has 0 aliphatic rings. The number of rotatable bonds is 7. The highest BCUT2D eigenvalue weighted by Gasteiger charge is 2.28. The summed E-state index contributed by atoms with van der Waals surface area (Å²) in [6, 6.07) is 4.52. The van der Waals surface area contributed by atoms with Gasteiger partial charge in [-0.3, -0.25) is 0 Å². The van der Waals surface area contributed by atoms with Gasteiger partial charge in [0.15, 0.2) is 0 Å². The molecule has 0 aliphatic carbocycles. The van der Waals surface area contributed by atoms with Gasteiger partial charge in [-0.25, -0.2) is 8.78 Å². The van der Waals surface area contributed by atoms with Crippen molar-refractivity contribution in [2.45, 2.75) is 26.2 Å². The molecule has 5 heteroatoms. The third-order valence-electron chi connectivity index (χ3n) is 2.31. The van der Waals surface area contributed by atoms with Crippen LogP contribution in [0.5, 0.6) is 5.75 Å². The Morgan fingerprint density at radius 1 is 1.28 bits per heavy atom. The van der Waals surface area contributed by atoms with Crippen LogP contribution in [0.1, 0.15) is 25.8 Å². The molecule has 0 fully saturated rings. The topological polar surface area (TPSA) is 18.5 Å². The summed E-state index contributed by atoms with van der Waals surface area (Å²) in [6.07, 6.45) is 0.676. The molecule has 0 amide bonds. The lowest BCUT2D eigenvalue weighted by atomic mass is 10.1. The number of hydrogen-bond acceptors (Lipinski definition) is 2. The number of hydrogen-bond donors (Lipinski definition) is 0. The monoisotopic (exact) mass is 322 g/mol. The lowest BCUT2D eigenvalue weighted by Crippen LogP contribution is -2.11. The molecular weight excluding hydrogens is 306 g/mol. The Balaban J connectivity index is 2.65. The maximum absolute atomic E-state index is 13.4. The highest BCUT2D eigenvalue weighted by molar-refractivity contribution is 9.10. The number of benzene rings is 1. The maximum Gasteiger partial charge on any atom is 0.274 e. The lowest BCUT2D eigenvalue weighted by Gasteiger charge is -2.16. The predicted octanol–water partition coefficient (Wildman–Crippen LogP) is 4.37. The van der Waals surface area contributed by atoms with Gasteiger partial charge in [-0.05, 0) is 25.1 Å². The second-order valence-corrected chi connectivity index (χ2v) is 4.84. The van der Waals surface area contributed by atoms with Crippen LogP contribution in [0.2, 0.25) is 0 Å². The molecule has 2 nitrogen and oxygen atoms in total. The van der Waals surface area contributed by atoms with Crippen LogP contribution >= 0.6 is 15.9 Å². The van der Waals surface area contributed by atoms with Gasteiger partial charge in [-0.2, -0.15) is 0 Å². The smallest absolute Gasteiger partial charge is 0.274 e. The molecule has 0 saturated heterocycles. The number of alkyl halides is 2. The minimum Gasteiger partial charge on any atom is -0.493 e. The summed E-state index contributed by atoms with van der Waals surface area (Å²) in [6.45, 7) is 4.35. The van der Waals surface area contributed by atoms with Crippen LogP contribution in [-0.2, 0) is 10.7 Å². The molecule has 0 atom stereocenters. The van der Waals surface area contributed by atoms with Gasteiger partial charge in [-0.1, -0.05) is 15.9 Å². The first kappa shape index (κ1) is 15.4. The van der Waals surface area contributed by atoms with Gasteiger partial charge in [0.05, 0.1) is 12.2 Å². The molecule has 0 spiro atoms. The maximum atomic E-state index is 13.4. The van der Waals surface area contributed by atoms with E-state index < -0.39 is 5.92 Å². The van der Waals surface area contributed by atoms with E-state index in [1.807, 2.05) is 6.92 Å². The van der Waals surface area contributed by atoms with E-state index in [0.717, 1.165) is 11.4 Å². The van der Waals surface area contributed by atoms with E-state index >= 15 is 0 Å². The second kappa shape index (κ2) is 7.04. The van der Waals surface area contributed by atoms with E-state index in [-0.39, 0.29) is 11.3 Å². The van der Waals surface area contributed by atoms with Crippen molar-refractivity contribution >= 4 is 15.9 Å². The summed E-state index contributed by atoms with van der Waals surface area (Å²) in [5.41, 5.74) is -0.0953. The van der Waals surface area contributed by atoms with Crippen molar-refractivity contribution < 1.29 is 18.3 Å². The molecular formula is C13H17BrF2O2. The summed E-state index contributed by atoms with van der Waals surface area (Å²) in [7, 11) is 0. The predicted molar refractivity (Wildman–Crippen MR) is 70.3 cm³/mol. The molecule has 1 aromatic rings. The van der Waals surface area contributed by atoms with Gasteiger partial charge in [0.1, 0.15) is 5.75 Å². The zero-order chi connectivity index (χ0) is 13.6. The average molecular weight is 323 g/mol. The van der Waals surface area contributed by atoms with Crippen molar-refractivity contribution in [1.29, 1.82) is 0 Å². The van der Waals surface area contributed by atoms with E-state index in [1.54, 1.807) is 12.1 Å². The molecule has 0 N–H and O–H groups in total. The fraction of sp³-hybridized carbons (Fsp3) is 0.538. The van der Waals surface area contributed by atoms with Crippen molar-refractivity contribution in [1.82, 2.24) is 0 Å². The Morgan fingerprint density at radius 2 is 2.00 bits per heavy atom. The third-order valence-corrected chi connectivity index (χ3v) is 2.80. The Labute approximate surface area is 114 Å². The van der Waals surface area contributed by atoms with Crippen LogP contribution in [0.25, 0.3) is 0 Å². The Morgan fingerprint density at radius 3 is 2.61 bits per heavy atom. The summed E-state index contributed by atoms with van der Waals surface area (Å²) in [5.74, 6) is -2.69. The second-order valence-electron chi connectivity index (χ2n) is 3.93. The van der Waals surface area contributed by atoms with Crippen LogP contribution in [0.4, 0.5) is 8.78 Å². The van der Waals surface area contributed by atoms with Crippen LogP contribution in [-0.4, -0.2) is 19.8 Å². The van der Waals surface area contributed by atoms with Crippen LogP contribution in [0, 0.1) is 0 Å². The van der Waals surface area contributed by atoms with Gasteiger partial charge < -0.3 is 9.47 Å². The molecule has 0 radical (unpaired) electrons. The molecule has 0 bridgehead atoms. The SMILES string of the molecule is CCOCCCOc1cc(Br)ccc1C(C)(F)F. The van der Waals surface area contributed by atoms with Gasteiger partial charge in [0.25, 0.3) is 5.92 Å². The van der Waals surface area contributed by atoms with Crippen LogP contribution in [0.3, 0.4) is 0 Å². The van der Waals surface area contributed by atoms with Gasteiger partial charge >= 0.3 is 0 Å². The molecule has 0 heterocycles. The fourth-order valence-corrected chi connectivity index (χ4v) is 1.81.